The first-order valence-electron chi connectivity index (χ1n) is 5.58. The molecule has 0 amide bonds. The number of aliphatic carboxylic acids is 1. The van der Waals surface area contributed by atoms with Crippen LogP contribution in [0.5, 0.6) is 0 Å². The first-order chi connectivity index (χ1) is 7.58. The predicted octanol–water partition coefficient (Wildman–Crippen LogP) is 2.97. The first-order valence-corrected chi connectivity index (χ1v) is 5.58. The van der Waals surface area contributed by atoms with Crippen molar-refractivity contribution < 1.29 is 14.3 Å². The largest absolute Gasteiger partial charge is 0.481 e. The van der Waals surface area contributed by atoms with E-state index in [1.165, 1.54) is 12.1 Å². The van der Waals surface area contributed by atoms with Gasteiger partial charge in [0.2, 0.25) is 0 Å². The fraction of sp³-hybridized carbons (Fsp3) is 0.462. The number of carboxylic acids is 1. The van der Waals surface area contributed by atoms with Crippen molar-refractivity contribution >= 4 is 5.97 Å². The standard InChI is InChI=1S/C13H15FO2/c1-2-9-7-13(8-9,12(15)16)10-3-5-11(14)6-4-10/h3-6,9H,2,7-8H2,1H3,(H,15,16). The van der Waals surface area contributed by atoms with Crippen molar-refractivity contribution in [2.45, 2.75) is 31.6 Å². The summed E-state index contributed by atoms with van der Waals surface area (Å²) in [7, 11) is 0. The number of rotatable bonds is 3. The van der Waals surface area contributed by atoms with E-state index in [1.807, 2.05) is 0 Å². The Hall–Kier alpha value is -1.38. The molecule has 0 atom stereocenters. The van der Waals surface area contributed by atoms with Crippen LogP contribution in [0.1, 0.15) is 31.7 Å². The van der Waals surface area contributed by atoms with Crippen molar-refractivity contribution in [1.29, 1.82) is 0 Å². The third-order valence-electron chi connectivity index (χ3n) is 3.66. The molecule has 1 aliphatic carbocycles. The molecule has 1 fully saturated rings. The Labute approximate surface area is 94.1 Å². The third-order valence-corrected chi connectivity index (χ3v) is 3.66. The van der Waals surface area contributed by atoms with Gasteiger partial charge < -0.3 is 5.11 Å². The smallest absolute Gasteiger partial charge is 0.314 e. The van der Waals surface area contributed by atoms with Crippen LogP contribution < -0.4 is 0 Å². The molecule has 0 heterocycles. The molecule has 1 aromatic rings. The van der Waals surface area contributed by atoms with Gasteiger partial charge in [-0.2, -0.15) is 0 Å². The molecule has 0 aromatic heterocycles. The highest BCUT2D eigenvalue weighted by Gasteiger charge is 2.50. The maximum absolute atomic E-state index is 12.8. The lowest BCUT2D eigenvalue weighted by Crippen LogP contribution is -2.47. The van der Waals surface area contributed by atoms with Gasteiger partial charge >= 0.3 is 5.97 Å². The molecule has 0 radical (unpaired) electrons. The molecule has 1 aliphatic rings. The highest BCUT2D eigenvalue weighted by Crippen LogP contribution is 2.49. The number of hydrogen-bond donors (Lipinski definition) is 1. The molecular weight excluding hydrogens is 207 g/mol. The van der Waals surface area contributed by atoms with Crippen LogP contribution in [0, 0.1) is 11.7 Å². The van der Waals surface area contributed by atoms with Gasteiger partial charge in [0.25, 0.3) is 0 Å². The minimum absolute atomic E-state index is 0.323. The summed E-state index contributed by atoms with van der Waals surface area (Å²) in [5, 5.41) is 9.33. The van der Waals surface area contributed by atoms with E-state index in [0.29, 0.717) is 18.8 Å². The highest BCUT2D eigenvalue weighted by atomic mass is 19.1. The van der Waals surface area contributed by atoms with E-state index in [2.05, 4.69) is 6.92 Å². The quantitative estimate of drug-likeness (QED) is 0.853. The number of benzene rings is 1. The number of carboxylic acid groups (broad SMARTS) is 1. The van der Waals surface area contributed by atoms with Gasteiger partial charge in [0, 0.05) is 0 Å². The summed E-state index contributed by atoms with van der Waals surface area (Å²) in [6.07, 6.45) is 2.35. The lowest BCUT2D eigenvalue weighted by atomic mass is 9.58. The summed E-state index contributed by atoms with van der Waals surface area (Å²) >= 11 is 0. The molecule has 0 unspecified atom stereocenters. The molecule has 86 valence electrons. The minimum Gasteiger partial charge on any atom is -0.481 e. The molecular formula is C13H15FO2. The molecule has 0 spiro atoms. The average Bonchev–Trinajstić information content (AvgIpc) is 2.19. The molecule has 0 aliphatic heterocycles. The van der Waals surface area contributed by atoms with Crippen LogP contribution in [-0.2, 0) is 10.2 Å². The van der Waals surface area contributed by atoms with Crippen LogP contribution in [-0.4, -0.2) is 11.1 Å². The molecule has 2 nitrogen and oxygen atoms in total. The summed E-state index contributed by atoms with van der Waals surface area (Å²) in [5.74, 6) is -0.624. The summed E-state index contributed by atoms with van der Waals surface area (Å²) in [5.41, 5.74) is -0.0416. The van der Waals surface area contributed by atoms with Crippen molar-refractivity contribution in [3.05, 3.63) is 35.6 Å². The molecule has 1 N–H and O–H groups in total. The van der Waals surface area contributed by atoms with Crippen molar-refractivity contribution in [2.75, 3.05) is 0 Å². The normalized spacial score (nSPS) is 28.5. The monoisotopic (exact) mass is 222 g/mol. The van der Waals surface area contributed by atoms with Crippen molar-refractivity contribution in [2.24, 2.45) is 5.92 Å². The molecule has 1 saturated carbocycles. The topological polar surface area (TPSA) is 37.3 Å². The van der Waals surface area contributed by atoms with E-state index in [-0.39, 0.29) is 5.82 Å². The van der Waals surface area contributed by atoms with Gasteiger partial charge in [-0.05, 0) is 36.5 Å². The fourth-order valence-corrected chi connectivity index (χ4v) is 2.52. The molecule has 2 rings (SSSR count). The zero-order chi connectivity index (χ0) is 11.8. The van der Waals surface area contributed by atoms with Crippen molar-refractivity contribution in [1.82, 2.24) is 0 Å². The van der Waals surface area contributed by atoms with Crippen LogP contribution >= 0.6 is 0 Å². The van der Waals surface area contributed by atoms with E-state index >= 15 is 0 Å². The minimum atomic E-state index is -0.788. The van der Waals surface area contributed by atoms with Gasteiger partial charge in [-0.25, -0.2) is 4.39 Å². The lowest BCUT2D eigenvalue weighted by molar-refractivity contribution is -0.149. The average molecular weight is 222 g/mol. The lowest BCUT2D eigenvalue weighted by Gasteiger charge is -2.44. The maximum Gasteiger partial charge on any atom is 0.314 e. The summed E-state index contributed by atoms with van der Waals surface area (Å²) in [4.78, 5) is 11.4. The van der Waals surface area contributed by atoms with Crippen molar-refractivity contribution in [3.8, 4) is 0 Å². The third kappa shape index (κ3) is 1.60. The Morgan fingerprint density at radius 3 is 2.44 bits per heavy atom. The SMILES string of the molecule is CCC1CC(C(=O)O)(c2ccc(F)cc2)C1. The highest BCUT2D eigenvalue weighted by molar-refractivity contribution is 5.82. The van der Waals surface area contributed by atoms with Crippen LogP contribution in [0.2, 0.25) is 0 Å². The van der Waals surface area contributed by atoms with E-state index in [9.17, 15) is 14.3 Å². The summed E-state index contributed by atoms with van der Waals surface area (Å²) < 4.78 is 12.8. The Morgan fingerprint density at radius 2 is 2.00 bits per heavy atom. The number of hydrogen-bond acceptors (Lipinski definition) is 1. The molecule has 1 aromatic carbocycles. The second-order valence-corrected chi connectivity index (χ2v) is 4.58. The zero-order valence-electron chi connectivity index (χ0n) is 9.24. The van der Waals surface area contributed by atoms with Gasteiger partial charge in [-0.1, -0.05) is 25.5 Å². The second kappa shape index (κ2) is 3.89. The van der Waals surface area contributed by atoms with Gasteiger partial charge in [0.05, 0.1) is 5.41 Å². The Bertz CT molecular complexity index is 391. The first kappa shape index (κ1) is 11.1. The van der Waals surface area contributed by atoms with Crippen molar-refractivity contribution in [3.63, 3.8) is 0 Å². The molecule has 0 saturated heterocycles. The predicted molar refractivity (Wildman–Crippen MR) is 58.7 cm³/mol. The number of halogens is 1. The van der Waals surface area contributed by atoms with Gasteiger partial charge in [0.15, 0.2) is 0 Å². The summed E-state index contributed by atoms with van der Waals surface area (Å²) in [6, 6.07) is 5.85. The van der Waals surface area contributed by atoms with Gasteiger partial charge in [0.1, 0.15) is 5.82 Å². The Morgan fingerprint density at radius 1 is 1.44 bits per heavy atom. The number of carbonyl (C=O) groups is 1. The fourth-order valence-electron chi connectivity index (χ4n) is 2.52. The van der Waals surface area contributed by atoms with E-state index in [0.717, 1.165) is 12.0 Å². The zero-order valence-corrected chi connectivity index (χ0v) is 9.24. The Balaban J connectivity index is 2.28. The van der Waals surface area contributed by atoms with E-state index in [1.54, 1.807) is 12.1 Å². The maximum atomic E-state index is 12.8. The van der Waals surface area contributed by atoms with Gasteiger partial charge in [-0.3, -0.25) is 4.79 Å². The van der Waals surface area contributed by atoms with Gasteiger partial charge in [-0.15, -0.1) is 0 Å². The van der Waals surface area contributed by atoms with Crippen LogP contribution in [0.4, 0.5) is 4.39 Å². The Kier molecular flexibility index (Phi) is 2.70. The molecule has 3 heteroatoms. The van der Waals surface area contributed by atoms with E-state index in [4.69, 9.17) is 0 Å². The second-order valence-electron chi connectivity index (χ2n) is 4.58. The molecule has 0 bridgehead atoms. The molecule has 16 heavy (non-hydrogen) atoms. The van der Waals surface area contributed by atoms with Crippen LogP contribution in [0.15, 0.2) is 24.3 Å². The van der Waals surface area contributed by atoms with E-state index < -0.39 is 11.4 Å². The summed E-state index contributed by atoms with van der Waals surface area (Å²) in [6.45, 7) is 2.07. The van der Waals surface area contributed by atoms with Crippen LogP contribution in [0.25, 0.3) is 0 Å². The van der Waals surface area contributed by atoms with Crippen LogP contribution in [0.3, 0.4) is 0 Å².